The highest BCUT2D eigenvalue weighted by Crippen LogP contribution is 2.11. The number of nitrogens with zero attached hydrogens (tertiary/aromatic N) is 3. The lowest BCUT2D eigenvalue weighted by atomic mass is 10.2. The van der Waals surface area contributed by atoms with E-state index in [-0.39, 0.29) is 5.91 Å². The van der Waals surface area contributed by atoms with E-state index < -0.39 is 0 Å². The zero-order valence-electron chi connectivity index (χ0n) is 12.3. The first-order chi connectivity index (χ1) is 9.58. The van der Waals surface area contributed by atoms with E-state index in [0.717, 1.165) is 24.3 Å². The Kier molecular flexibility index (Phi) is 4.58. The van der Waals surface area contributed by atoms with Gasteiger partial charge in [0, 0.05) is 43.8 Å². The molecule has 1 heterocycles. The number of carbonyl (C=O) groups is 1. The van der Waals surface area contributed by atoms with Crippen molar-refractivity contribution in [2.75, 3.05) is 34.2 Å². The van der Waals surface area contributed by atoms with Crippen molar-refractivity contribution in [2.45, 2.75) is 0 Å². The van der Waals surface area contributed by atoms with Crippen molar-refractivity contribution < 1.29 is 4.79 Å². The van der Waals surface area contributed by atoms with Gasteiger partial charge in [0.1, 0.15) is 0 Å². The van der Waals surface area contributed by atoms with Gasteiger partial charge >= 0.3 is 0 Å². The topological polar surface area (TPSA) is 28.5 Å². The summed E-state index contributed by atoms with van der Waals surface area (Å²) in [6, 6.07) is 11.6. The molecule has 20 heavy (non-hydrogen) atoms. The average Bonchev–Trinajstić information content (AvgIpc) is 2.98. The van der Waals surface area contributed by atoms with Crippen LogP contribution in [0.5, 0.6) is 0 Å². The molecule has 1 amide bonds. The van der Waals surface area contributed by atoms with Crippen LogP contribution in [0.15, 0.2) is 48.8 Å². The molecule has 0 aliphatic heterocycles. The van der Waals surface area contributed by atoms with Gasteiger partial charge in [0.15, 0.2) is 0 Å². The fourth-order valence-corrected chi connectivity index (χ4v) is 1.95. The monoisotopic (exact) mass is 271 g/mol. The zero-order valence-corrected chi connectivity index (χ0v) is 12.3. The molecule has 0 aliphatic carbocycles. The third-order valence-corrected chi connectivity index (χ3v) is 3.25. The van der Waals surface area contributed by atoms with E-state index >= 15 is 0 Å². The van der Waals surface area contributed by atoms with Gasteiger partial charge in [0.05, 0.1) is 0 Å². The SMILES string of the molecule is CN(C)CCN(C)C(=O)c1ccc(-n2cccc2)cc1. The van der Waals surface area contributed by atoms with Crippen molar-refractivity contribution in [1.29, 1.82) is 0 Å². The Morgan fingerprint density at radius 2 is 1.60 bits per heavy atom. The minimum absolute atomic E-state index is 0.0610. The van der Waals surface area contributed by atoms with E-state index in [4.69, 9.17) is 0 Å². The lowest BCUT2D eigenvalue weighted by Gasteiger charge is -2.19. The second-order valence-electron chi connectivity index (χ2n) is 5.17. The maximum Gasteiger partial charge on any atom is 0.253 e. The molecule has 1 aromatic carbocycles. The standard InChI is InChI=1S/C16H21N3O/c1-17(2)12-13-18(3)16(20)14-6-8-15(9-7-14)19-10-4-5-11-19/h4-11H,12-13H2,1-3H3. The molecule has 0 unspecified atom stereocenters. The van der Waals surface area contributed by atoms with Crippen molar-refractivity contribution in [1.82, 2.24) is 14.4 Å². The molecule has 0 aliphatic rings. The normalized spacial score (nSPS) is 10.8. The predicted molar refractivity (Wildman–Crippen MR) is 81.3 cm³/mol. The van der Waals surface area contributed by atoms with E-state index in [2.05, 4.69) is 4.90 Å². The predicted octanol–water partition coefficient (Wildman–Crippen LogP) is 2.11. The van der Waals surface area contributed by atoms with Gasteiger partial charge in [-0.3, -0.25) is 4.79 Å². The largest absolute Gasteiger partial charge is 0.340 e. The molecule has 0 saturated carbocycles. The van der Waals surface area contributed by atoms with E-state index in [9.17, 15) is 4.79 Å². The summed E-state index contributed by atoms with van der Waals surface area (Å²) in [5.41, 5.74) is 1.78. The summed E-state index contributed by atoms with van der Waals surface area (Å²) in [7, 11) is 5.85. The maximum absolute atomic E-state index is 12.3. The van der Waals surface area contributed by atoms with Crippen molar-refractivity contribution in [3.8, 4) is 5.69 Å². The molecule has 4 nitrogen and oxygen atoms in total. The number of amides is 1. The van der Waals surface area contributed by atoms with Gasteiger partial charge < -0.3 is 14.4 Å². The van der Waals surface area contributed by atoms with Crippen molar-refractivity contribution >= 4 is 5.91 Å². The Morgan fingerprint density at radius 1 is 1.00 bits per heavy atom. The molecule has 0 atom stereocenters. The molecule has 0 bridgehead atoms. The Balaban J connectivity index is 2.04. The quantitative estimate of drug-likeness (QED) is 0.833. The number of hydrogen-bond acceptors (Lipinski definition) is 2. The zero-order chi connectivity index (χ0) is 14.5. The number of benzene rings is 1. The highest BCUT2D eigenvalue weighted by atomic mass is 16.2. The first kappa shape index (κ1) is 14.3. The fourth-order valence-electron chi connectivity index (χ4n) is 1.95. The molecular weight excluding hydrogens is 250 g/mol. The number of rotatable bonds is 5. The van der Waals surface area contributed by atoms with Gasteiger partial charge in [-0.15, -0.1) is 0 Å². The van der Waals surface area contributed by atoms with Crippen LogP contribution >= 0.6 is 0 Å². The van der Waals surface area contributed by atoms with E-state index in [0.29, 0.717) is 0 Å². The van der Waals surface area contributed by atoms with Gasteiger partial charge in [-0.25, -0.2) is 0 Å². The first-order valence-corrected chi connectivity index (χ1v) is 6.71. The van der Waals surface area contributed by atoms with Crippen LogP contribution in [-0.2, 0) is 0 Å². The van der Waals surface area contributed by atoms with Crippen LogP contribution < -0.4 is 0 Å². The average molecular weight is 271 g/mol. The molecule has 0 saturated heterocycles. The second kappa shape index (κ2) is 6.39. The third kappa shape index (κ3) is 3.48. The van der Waals surface area contributed by atoms with Gasteiger partial charge in [-0.2, -0.15) is 0 Å². The highest BCUT2D eigenvalue weighted by Gasteiger charge is 2.11. The van der Waals surface area contributed by atoms with Crippen molar-refractivity contribution in [3.63, 3.8) is 0 Å². The summed E-state index contributed by atoms with van der Waals surface area (Å²) >= 11 is 0. The van der Waals surface area contributed by atoms with Crippen LogP contribution in [0.2, 0.25) is 0 Å². The van der Waals surface area contributed by atoms with Crippen molar-refractivity contribution in [2.24, 2.45) is 0 Å². The van der Waals surface area contributed by atoms with Crippen LogP contribution in [0.25, 0.3) is 5.69 Å². The summed E-state index contributed by atoms with van der Waals surface area (Å²) < 4.78 is 2.02. The number of aromatic nitrogens is 1. The molecule has 0 fully saturated rings. The van der Waals surface area contributed by atoms with Crippen LogP contribution in [0.4, 0.5) is 0 Å². The molecule has 4 heteroatoms. The maximum atomic E-state index is 12.3. The van der Waals surface area contributed by atoms with Gasteiger partial charge in [-0.1, -0.05) is 0 Å². The molecular formula is C16H21N3O. The van der Waals surface area contributed by atoms with E-state index in [1.807, 2.05) is 74.5 Å². The van der Waals surface area contributed by atoms with Crippen LogP contribution in [-0.4, -0.2) is 54.5 Å². The fraction of sp³-hybridized carbons (Fsp3) is 0.312. The molecule has 2 rings (SSSR count). The Morgan fingerprint density at radius 3 is 2.15 bits per heavy atom. The number of likely N-dealkylation sites (N-methyl/N-ethyl adjacent to an activating group) is 2. The van der Waals surface area contributed by atoms with Gasteiger partial charge in [0.2, 0.25) is 0 Å². The van der Waals surface area contributed by atoms with Crippen molar-refractivity contribution in [3.05, 3.63) is 54.4 Å². The number of carbonyl (C=O) groups excluding carboxylic acids is 1. The Bertz CT molecular complexity index is 544. The molecule has 106 valence electrons. The van der Waals surface area contributed by atoms with Crippen LogP contribution in [0.3, 0.4) is 0 Å². The van der Waals surface area contributed by atoms with Crippen LogP contribution in [0.1, 0.15) is 10.4 Å². The summed E-state index contributed by atoms with van der Waals surface area (Å²) in [4.78, 5) is 16.1. The molecule has 0 spiro atoms. The van der Waals surface area contributed by atoms with Crippen LogP contribution in [0, 0.1) is 0 Å². The molecule has 0 N–H and O–H groups in total. The lowest BCUT2D eigenvalue weighted by Crippen LogP contribution is -2.33. The van der Waals surface area contributed by atoms with Gasteiger partial charge in [0.25, 0.3) is 5.91 Å². The van der Waals surface area contributed by atoms with Gasteiger partial charge in [-0.05, 0) is 50.5 Å². The number of hydrogen-bond donors (Lipinski definition) is 0. The summed E-state index contributed by atoms with van der Waals surface area (Å²) in [5.74, 6) is 0.0610. The highest BCUT2D eigenvalue weighted by molar-refractivity contribution is 5.94. The molecule has 1 aromatic heterocycles. The minimum atomic E-state index is 0.0610. The Labute approximate surface area is 120 Å². The summed E-state index contributed by atoms with van der Waals surface area (Å²) in [6.07, 6.45) is 3.97. The summed E-state index contributed by atoms with van der Waals surface area (Å²) in [5, 5.41) is 0. The van der Waals surface area contributed by atoms with E-state index in [1.165, 1.54) is 0 Å². The third-order valence-electron chi connectivity index (χ3n) is 3.25. The first-order valence-electron chi connectivity index (χ1n) is 6.71. The molecule has 2 aromatic rings. The molecule has 0 radical (unpaired) electrons. The second-order valence-corrected chi connectivity index (χ2v) is 5.17. The lowest BCUT2D eigenvalue weighted by molar-refractivity contribution is 0.0786. The minimum Gasteiger partial charge on any atom is -0.340 e. The summed E-state index contributed by atoms with van der Waals surface area (Å²) in [6.45, 7) is 1.59. The van der Waals surface area contributed by atoms with E-state index in [1.54, 1.807) is 4.90 Å². The smallest absolute Gasteiger partial charge is 0.253 e. The Hall–Kier alpha value is -2.07.